The third-order valence-electron chi connectivity index (χ3n) is 3.23. The molecule has 7 heteroatoms. The third-order valence-corrected chi connectivity index (χ3v) is 3.23. The van der Waals surface area contributed by atoms with Crippen molar-refractivity contribution in [2.45, 2.75) is 53.0 Å². The highest BCUT2D eigenvalue weighted by Crippen LogP contribution is 1.98. The highest BCUT2D eigenvalue weighted by atomic mass is 127. The maximum Gasteiger partial charge on any atom is 0.240 e. The van der Waals surface area contributed by atoms with Crippen molar-refractivity contribution in [3.63, 3.8) is 0 Å². The molecule has 0 aliphatic rings. The molecule has 144 valence electrons. The first kappa shape index (κ1) is 25.7. The van der Waals surface area contributed by atoms with Crippen LogP contribution in [0.3, 0.4) is 0 Å². The Morgan fingerprint density at radius 1 is 1.12 bits per heavy atom. The summed E-state index contributed by atoms with van der Waals surface area (Å²) in [5, 5.41) is 6.22. The van der Waals surface area contributed by atoms with Crippen LogP contribution >= 0.6 is 24.0 Å². The summed E-state index contributed by atoms with van der Waals surface area (Å²) < 4.78 is 0. The molecular weight excluding hydrogens is 417 g/mol. The molecule has 0 fully saturated rings. The van der Waals surface area contributed by atoms with E-state index in [1.165, 1.54) is 12.8 Å². The van der Waals surface area contributed by atoms with E-state index in [0.717, 1.165) is 32.1 Å². The van der Waals surface area contributed by atoms with Gasteiger partial charge < -0.3 is 20.4 Å². The topological polar surface area (TPSA) is 60.0 Å². The summed E-state index contributed by atoms with van der Waals surface area (Å²) in [6.07, 6.45) is 2.43. The van der Waals surface area contributed by atoms with Crippen molar-refractivity contribution in [2.75, 3.05) is 46.8 Å². The number of aliphatic imine (C=N–C) groups is 1. The van der Waals surface area contributed by atoms with Crippen LogP contribution in [0.2, 0.25) is 0 Å². The normalized spacial score (nSPS) is 11.9. The van der Waals surface area contributed by atoms with Crippen LogP contribution in [0.15, 0.2) is 4.99 Å². The lowest BCUT2D eigenvalue weighted by Crippen LogP contribution is -2.48. The standard InChI is InChI=1S/C17H37N5O.HI/c1-8-10-12-21(6)13-11-19-16(18-9-2)22(7)14-15(23)20-17(3,4)5;/h8-14H2,1-7H3,(H,18,19)(H,20,23);1H. The van der Waals surface area contributed by atoms with Gasteiger partial charge in [0.15, 0.2) is 5.96 Å². The van der Waals surface area contributed by atoms with Gasteiger partial charge >= 0.3 is 0 Å². The zero-order chi connectivity index (χ0) is 17.9. The van der Waals surface area contributed by atoms with E-state index < -0.39 is 0 Å². The van der Waals surface area contributed by atoms with E-state index in [2.05, 4.69) is 34.5 Å². The Kier molecular flexibility index (Phi) is 14.6. The SMILES string of the molecule is CCCCN(C)CCN=C(NCC)N(C)CC(=O)NC(C)(C)C.I. The average molecular weight is 455 g/mol. The van der Waals surface area contributed by atoms with E-state index in [9.17, 15) is 4.79 Å². The molecule has 0 saturated carbocycles. The smallest absolute Gasteiger partial charge is 0.240 e. The van der Waals surface area contributed by atoms with Crippen LogP contribution in [0.25, 0.3) is 0 Å². The molecule has 1 amide bonds. The van der Waals surface area contributed by atoms with Gasteiger partial charge in [0.05, 0.1) is 13.1 Å². The number of likely N-dealkylation sites (N-methyl/N-ethyl adjacent to an activating group) is 2. The summed E-state index contributed by atoms with van der Waals surface area (Å²) >= 11 is 0. The number of hydrogen-bond acceptors (Lipinski definition) is 3. The first-order valence-electron chi connectivity index (χ1n) is 8.68. The molecule has 2 N–H and O–H groups in total. The van der Waals surface area contributed by atoms with E-state index in [-0.39, 0.29) is 35.4 Å². The fraction of sp³-hybridized carbons (Fsp3) is 0.882. The van der Waals surface area contributed by atoms with Crippen molar-refractivity contribution in [3.8, 4) is 0 Å². The Bertz CT molecular complexity index is 368. The lowest BCUT2D eigenvalue weighted by molar-refractivity contribution is -0.122. The predicted octanol–water partition coefficient (Wildman–Crippen LogP) is 2.15. The van der Waals surface area contributed by atoms with E-state index in [0.29, 0.717) is 6.54 Å². The number of nitrogens with zero attached hydrogens (tertiary/aromatic N) is 3. The van der Waals surface area contributed by atoms with Gasteiger partial charge in [-0.25, -0.2) is 0 Å². The Morgan fingerprint density at radius 2 is 1.75 bits per heavy atom. The Balaban J connectivity index is 0. The van der Waals surface area contributed by atoms with Crippen molar-refractivity contribution in [1.29, 1.82) is 0 Å². The number of rotatable bonds is 9. The van der Waals surface area contributed by atoms with Crippen LogP contribution in [0.1, 0.15) is 47.5 Å². The van der Waals surface area contributed by atoms with E-state index in [1.54, 1.807) is 0 Å². The summed E-state index contributed by atoms with van der Waals surface area (Å²) in [4.78, 5) is 20.8. The molecule has 0 saturated heterocycles. The summed E-state index contributed by atoms with van der Waals surface area (Å²) in [6, 6.07) is 0. The van der Waals surface area contributed by atoms with Crippen LogP contribution in [-0.4, -0.2) is 74.0 Å². The largest absolute Gasteiger partial charge is 0.357 e. The second-order valence-electron chi connectivity index (χ2n) is 7.05. The number of amides is 1. The number of halogens is 1. The van der Waals surface area contributed by atoms with Crippen LogP contribution < -0.4 is 10.6 Å². The molecular formula is C17H38IN5O. The molecule has 0 aromatic heterocycles. The second-order valence-corrected chi connectivity index (χ2v) is 7.05. The molecule has 0 radical (unpaired) electrons. The van der Waals surface area contributed by atoms with Gasteiger partial charge in [-0.3, -0.25) is 9.79 Å². The van der Waals surface area contributed by atoms with Crippen molar-refractivity contribution in [3.05, 3.63) is 0 Å². The van der Waals surface area contributed by atoms with Crippen molar-refractivity contribution in [1.82, 2.24) is 20.4 Å². The van der Waals surface area contributed by atoms with Crippen LogP contribution in [-0.2, 0) is 4.79 Å². The monoisotopic (exact) mass is 455 g/mol. The van der Waals surface area contributed by atoms with Crippen LogP contribution in [0.5, 0.6) is 0 Å². The number of carbonyl (C=O) groups excluding carboxylic acids is 1. The van der Waals surface area contributed by atoms with Gasteiger partial charge in [0.1, 0.15) is 0 Å². The van der Waals surface area contributed by atoms with Gasteiger partial charge in [-0.2, -0.15) is 0 Å². The molecule has 0 heterocycles. The molecule has 6 nitrogen and oxygen atoms in total. The second kappa shape index (κ2) is 13.7. The quantitative estimate of drug-likeness (QED) is 0.318. The molecule has 0 unspecified atom stereocenters. The van der Waals surface area contributed by atoms with Gasteiger partial charge in [-0.05, 0) is 47.7 Å². The zero-order valence-corrected chi connectivity index (χ0v) is 18.9. The lowest BCUT2D eigenvalue weighted by atomic mass is 10.1. The maximum atomic E-state index is 12.0. The summed E-state index contributed by atoms with van der Waals surface area (Å²) in [7, 11) is 4.02. The molecule has 0 rings (SSSR count). The molecule has 0 bridgehead atoms. The van der Waals surface area contributed by atoms with E-state index >= 15 is 0 Å². The minimum atomic E-state index is -0.213. The maximum absolute atomic E-state index is 12.0. The van der Waals surface area contributed by atoms with E-state index in [1.807, 2.05) is 39.6 Å². The number of unbranched alkanes of at least 4 members (excludes halogenated alkanes) is 1. The number of nitrogens with one attached hydrogen (secondary N) is 2. The van der Waals surface area contributed by atoms with Crippen LogP contribution in [0, 0.1) is 0 Å². The minimum Gasteiger partial charge on any atom is -0.357 e. The molecule has 0 spiro atoms. The molecule has 0 aliphatic carbocycles. The number of hydrogen-bond donors (Lipinski definition) is 2. The van der Waals surface area contributed by atoms with Crippen molar-refractivity contribution >= 4 is 35.8 Å². The van der Waals surface area contributed by atoms with Gasteiger partial charge in [-0.1, -0.05) is 13.3 Å². The fourth-order valence-corrected chi connectivity index (χ4v) is 2.08. The number of carbonyl (C=O) groups is 1. The highest BCUT2D eigenvalue weighted by Gasteiger charge is 2.16. The molecule has 0 aromatic carbocycles. The first-order valence-corrected chi connectivity index (χ1v) is 8.68. The minimum absolute atomic E-state index is 0. The molecule has 24 heavy (non-hydrogen) atoms. The average Bonchev–Trinajstić information content (AvgIpc) is 2.41. The highest BCUT2D eigenvalue weighted by molar-refractivity contribution is 14.0. The molecule has 0 atom stereocenters. The third kappa shape index (κ3) is 13.8. The lowest BCUT2D eigenvalue weighted by Gasteiger charge is -2.25. The van der Waals surface area contributed by atoms with Crippen molar-refractivity contribution < 1.29 is 4.79 Å². The summed E-state index contributed by atoms with van der Waals surface area (Å²) in [6.45, 7) is 14.0. The summed E-state index contributed by atoms with van der Waals surface area (Å²) in [5.74, 6) is 0.783. The molecule has 0 aliphatic heterocycles. The Morgan fingerprint density at radius 3 is 2.25 bits per heavy atom. The zero-order valence-electron chi connectivity index (χ0n) is 16.6. The van der Waals surface area contributed by atoms with E-state index in [4.69, 9.17) is 0 Å². The molecule has 0 aromatic rings. The first-order chi connectivity index (χ1) is 10.7. The predicted molar refractivity (Wildman–Crippen MR) is 114 cm³/mol. The van der Waals surface area contributed by atoms with Gasteiger partial charge in [0, 0.05) is 25.7 Å². The van der Waals surface area contributed by atoms with Crippen molar-refractivity contribution in [2.24, 2.45) is 4.99 Å². The summed E-state index contributed by atoms with van der Waals surface area (Å²) in [5.41, 5.74) is -0.213. The van der Waals surface area contributed by atoms with Gasteiger partial charge in [0.25, 0.3) is 0 Å². The van der Waals surface area contributed by atoms with Crippen LogP contribution in [0.4, 0.5) is 0 Å². The Labute approximate surface area is 165 Å². The van der Waals surface area contributed by atoms with Gasteiger partial charge in [0.2, 0.25) is 5.91 Å². The number of guanidine groups is 1. The Hall–Kier alpha value is -0.570. The van der Waals surface area contributed by atoms with Gasteiger partial charge in [-0.15, -0.1) is 24.0 Å². The fourth-order valence-electron chi connectivity index (χ4n) is 2.08.